The van der Waals surface area contributed by atoms with Crippen molar-refractivity contribution in [2.45, 2.75) is 19.8 Å². The number of para-hydroxylation sites is 1. The van der Waals surface area contributed by atoms with Gasteiger partial charge in [-0.05, 0) is 31.3 Å². The lowest BCUT2D eigenvalue weighted by atomic mass is 10.1. The van der Waals surface area contributed by atoms with E-state index in [-0.39, 0.29) is 30.5 Å². The van der Waals surface area contributed by atoms with Crippen LogP contribution < -0.4 is 16.0 Å². The summed E-state index contributed by atoms with van der Waals surface area (Å²) in [5, 5.41) is 8.02. The van der Waals surface area contributed by atoms with E-state index >= 15 is 0 Å². The van der Waals surface area contributed by atoms with E-state index in [1.807, 2.05) is 6.92 Å². The molecule has 8 nitrogen and oxygen atoms in total. The third-order valence-electron chi connectivity index (χ3n) is 3.12. The van der Waals surface area contributed by atoms with Gasteiger partial charge < -0.3 is 25.4 Å². The van der Waals surface area contributed by atoms with Gasteiger partial charge in [0.2, 0.25) is 5.91 Å². The van der Waals surface area contributed by atoms with Gasteiger partial charge in [-0.1, -0.05) is 12.1 Å². The van der Waals surface area contributed by atoms with Crippen molar-refractivity contribution in [3.8, 4) is 0 Å². The SMILES string of the molecule is CCNC(=O)c1ccccc1NC(=S)NC(=O)CCC(=O)OCCOC. The summed E-state index contributed by atoms with van der Waals surface area (Å²) in [5.74, 6) is -1.16. The fourth-order valence-corrected chi connectivity index (χ4v) is 2.14. The number of esters is 1. The largest absolute Gasteiger partial charge is 0.463 e. The van der Waals surface area contributed by atoms with Gasteiger partial charge in [-0.2, -0.15) is 0 Å². The fraction of sp³-hybridized carbons (Fsp3) is 0.412. The van der Waals surface area contributed by atoms with Gasteiger partial charge in [-0.3, -0.25) is 14.4 Å². The Kier molecular flexibility index (Phi) is 9.88. The van der Waals surface area contributed by atoms with Crippen LogP contribution in [-0.4, -0.2) is 49.8 Å². The lowest BCUT2D eigenvalue weighted by Crippen LogP contribution is -2.35. The van der Waals surface area contributed by atoms with Crippen LogP contribution in [0.5, 0.6) is 0 Å². The first-order valence-electron chi connectivity index (χ1n) is 8.10. The average Bonchev–Trinajstić information content (AvgIpc) is 2.60. The van der Waals surface area contributed by atoms with Crippen LogP contribution in [0.1, 0.15) is 30.1 Å². The number of ether oxygens (including phenoxy) is 2. The Morgan fingerprint density at radius 1 is 1.12 bits per heavy atom. The van der Waals surface area contributed by atoms with Crippen LogP contribution in [0.2, 0.25) is 0 Å². The van der Waals surface area contributed by atoms with Gasteiger partial charge in [0.15, 0.2) is 5.11 Å². The molecule has 1 aromatic rings. The minimum Gasteiger partial charge on any atom is -0.463 e. The highest BCUT2D eigenvalue weighted by Crippen LogP contribution is 2.14. The van der Waals surface area contributed by atoms with E-state index in [9.17, 15) is 14.4 Å². The summed E-state index contributed by atoms with van der Waals surface area (Å²) in [6.07, 6.45) is -0.126. The summed E-state index contributed by atoms with van der Waals surface area (Å²) in [6.45, 7) is 2.76. The predicted molar refractivity (Wildman–Crippen MR) is 101 cm³/mol. The second kappa shape index (κ2) is 11.9. The number of benzene rings is 1. The molecule has 0 aliphatic heterocycles. The van der Waals surface area contributed by atoms with Crippen LogP contribution in [-0.2, 0) is 19.1 Å². The molecule has 0 bridgehead atoms. The number of carbonyl (C=O) groups excluding carboxylic acids is 3. The molecule has 0 saturated carbocycles. The summed E-state index contributed by atoms with van der Waals surface area (Å²) < 4.78 is 9.62. The van der Waals surface area contributed by atoms with Crippen molar-refractivity contribution in [2.75, 3.05) is 32.2 Å². The standard InChI is InChI=1S/C17H23N3O5S/c1-3-18-16(23)12-6-4-5-7-13(12)19-17(26)20-14(21)8-9-15(22)25-11-10-24-2/h4-7H,3,8-11H2,1-2H3,(H,18,23)(H2,19,20,21,26). The molecule has 9 heteroatoms. The number of anilines is 1. The monoisotopic (exact) mass is 381 g/mol. The van der Waals surface area contributed by atoms with Crippen LogP contribution in [0.3, 0.4) is 0 Å². The van der Waals surface area contributed by atoms with Crippen molar-refractivity contribution in [1.29, 1.82) is 0 Å². The molecule has 0 aromatic heterocycles. The number of hydrogen-bond donors (Lipinski definition) is 3. The molecule has 1 rings (SSSR count). The predicted octanol–water partition coefficient (Wildman–Crippen LogP) is 1.22. The van der Waals surface area contributed by atoms with Crippen molar-refractivity contribution >= 4 is 40.8 Å². The molecule has 0 atom stereocenters. The lowest BCUT2D eigenvalue weighted by molar-refractivity contribution is -0.146. The quantitative estimate of drug-likeness (QED) is 0.335. The molecule has 0 radical (unpaired) electrons. The van der Waals surface area contributed by atoms with Crippen molar-refractivity contribution in [2.24, 2.45) is 0 Å². The van der Waals surface area contributed by atoms with Gasteiger partial charge in [-0.15, -0.1) is 0 Å². The van der Waals surface area contributed by atoms with Gasteiger partial charge in [-0.25, -0.2) is 0 Å². The molecule has 0 aliphatic rings. The Hall–Kier alpha value is -2.52. The maximum atomic E-state index is 12.0. The van der Waals surface area contributed by atoms with Crippen LogP contribution >= 0.6 is 12.2 Å². The molecule has 0 saturated heterocycles. The van der Waals surface area contributed by atoms with Crippen molar-refractivity contribution < 1.29 is 23.9 Å². The van der Waals surface area contributed by atoms with Crippen molar-refractivity contribution in [1.82, 2.24) is 10.6 Å². The van der Waals surface area contributed by atoms with E-state index in [1.165, 1.54) is 7.11 Å². The first-order chi connectivity index (χ1) is 12.5. The molecule has 0 spiro atoms. The molecule has 2 amide bonds. The Morgan fingerprint density at radius 3 is 2.54 bits per heavy atom. The molecule has 0 heterocycles. The van der Waals surface area contributed by atoms with Gasteiger partial charge in [0.25, 0.3) is 5.91 Å². The zero-order valence-electron chi connectivity index (χ0n) is 14.8. The number of hydrogen-bond acceptors (Lipinski definition) is 6. The normalized spacial score (nSPS) is 9.92. The van der Waals surface area contributed by atoms with Crippen molar-refractivity contribution in [3.63, 3.8) is 0 Å². The Labute approximate surface area is 157 Å². The summed E-state index contributed by atoms with van der Waals surface area (Å²) in [7, 11) is 1.50. The first-order valence-corrected chi connectivity index (χ1v) is 8.51. The first kappa shape index (κ1) is 21.5. The summed E-state index contributed by atoms with van der Waals surface area (Å²) >= 11 is 5.08. The highest BCUT2D eigenvalue weighted by molar-refractivity contribution is 7.80. The lowest BCUT2D eigenvalue weighted by Gasteiger charge is -2.13. The number of methoxy groups -OCH3 is 1. The Morgan fingerprint density at radius 2 is 1.85 bits per heavy atom. The van der Waals surface area contributed by atoms with E-state index < -0.39 is 11.9 Å². The van der Waals surface area contributed by atoms with E-state index in [0.717, 1.165) is 0 Å². The average molecular weight is 381 g/mol. The molecule has 0 fully saturated rings. The number of thiocarbonyl (C=S) groups is 1. The van der Waals surface area contributed by atoms with E-state index in [0.29, 0.717) is 24.4 Å². The maximum absolute atomic E-state index is 12.0. The van der Waals surface area contributed by atoms with Crippen molar-refractivity contribution in [3.05, 3.63) is 29.8 Å². The zero-order valence-corrected chi connectivity index (χ0v) is 15.6. The summed E-state index contributed by atoms with van der Waals surface area (Å²) in [6, 6.07) is 6.79. The molecule has 0 unspecified atom stereocenters. The van der Waals surface area contributed by atoms with Gasteiger partial charge in [0.1, 0.15) is 6.61 Å². The van der Waals surface area contributed by atoms with Gasteiger partial charge >= 0.3 is 5.97 Å². The second-order valence-electron chi connectivity index (χ2n) is 5.12. The summed E-state index contributed by atoms with van der Waals surface area (Å²) in [4.78, 5) is 35.3. The van der Waals surface area contributed by atoms with Gasteiger partial charge in [0.05, 0.1) is 24.3 Å². The summed E-state index contributed by atoms with van der Waals surface area (Å²) in [5.41, 5.74) is 0.885. The van der Waals surface area contributed by atoms with E-state index in [1.54, 1.807) is 24.3 Å². The van der Waals surface area contributed by atoms with Gasteiger partial charge in [0, 0.05) is 20.1 Å². The third kappa shape index (κ3) is 8.04. The molecular formula is C17H23N3O5S. The number of nitrogens with one attached hydrogen (secondary N) is 3. The number of carbonyl (C=O) groups is 3. The second-order valence-corrected chi connectivity index (χ2v) is 5.53. The molecule has 142 valence electrons. The molecule has 0 aliphatic carbocycles. The Bertz CT molecular complexity index is 651. The maximum Gasteiger partial charge on any atom is 0.306 e. The smallest absolute Gasteiger partial charge is 0.306 e. The molecular weight excluding hydrogens is 358 g/mol. The minimum atomic E-state index is -0.488. The molecule has 3 N–H and O–H groups in total. The van der Waals surface area contributed by atoms with Crippen LogP contribution in [0.25, 0.3) is 0 Å². The Balaban J connectivity index is 2.48. The van der Waals surface area contributed by atoms with Crippen LogP contribution in [0.15, 0.2) is 24.3 Å². The number of amides is 2. The van der Waals surface area contributed by atoms with Crippen LogP contribution in [0.4, 0.5) is 5.69 Å². The highest BCUT2D eigenvalue weighted by Gasteiger charge is 2.13. The minimum absolute atomic E-state index is 0.0412. The van der Waals surface area contributed by atoms with E-state index in [4.69, 9.17) is 21.7 Å². The third-order valence-corrected chi connectivity index (χ3v) is 3.32. The topological polar surface area (TPSA) is 106 Å². The number of rotatable bonds is 9. The van der Waals surface area contributed by atoms with Crippen LogP contribution in [0, 0.1) is 0 Å². The van der Waals surface area contributed by atoms with E-state index in [2.05, 4.69) is 16.0 Å². The highest BCUT2D eigenvalue weighted by atomic mass is 32.1. The zero-order chi connectivity index (χ0) is 19.4. The molecule has 26 heavy (non-hydrogen) atoms. The fourth-order valence-electron chi connectivity index (χ4n) is 1.92. The molecule has 1 aromatic carbocycles.